The molecule has 0 aromatic heterocycles. The van der Waals surface area contributed by atoms with E-state index in [9.17, 15) is 9.59 Å². The molecule has 0 radical (unpaired) electrons. The van der Waals surface area contributed by atoms with Crippen LogP contribution in [0.25, 0.3) is 0 Å². The summed E-state index contributed by atoms with van der Waals surface area (Å²) < 4.78 is 5.45. The Kier molecular flexibility index (Phi) is 6.58. The summed E-state index contributed by atoms with van der Waals surface area (Å²) in [7, 11) is 0. The third-order valence-corrected chi connectivity index (χ3v) is 4.57. The third kappa shape index (κ3) is 5.60. The second-order valence-electron chi connectivity index (χ2n) is 5.25. The van der Waals surface area contributed by atoms with Gasteiger partial charge in [-0.1, -0.05) is 0 Å². The highest BCUT2D eigenvalue weighted by molar-refractivity contribution is 7.99. The molecule has 0 atom stereocenters. The fourth-order valence-electron chi connectivity index (χ4n) is 2.25. The van der Waals surface area contributed by atoms with Crippen LogP contribution in [-0.2, 0) is 9.59 Å². The highest BCUT2D eigenvalue weighted by Crippen LogP contribution is 2.24. The van der Waals surface area contributed by atoms with Gasteiger partial charge < -0.3 is 15.2 Å². The minimum absolute atomic E-state index is 0.0930. The maximum absolute atomic E-state index is 12.1. The average molecular weight is 323 g/mol. The van der Waals surface area contributed by atoms with E-state index in [2.05, 4.69) is 5.32 Å². The van der Waals surface area contributed by atoms with E-state index in [4.69, 9.17) is 9.84 Å². The molecule has 6 heteroatoms. The van der Waals surface area contributed by atoms with Crippen LogP contribution >= 0.6 is 11.8 Å². The molecule has 1 aromatic carbocycles. The van der Waals surface area contributed by atoms with Crippen molar-refractivity contribution in [3.63, 3.8) is 0 Å². The van der Waals surface area contributed by atoms with Crippen LogP contribution in [0.2, 0.25) is 0 Å². The van der Waals surface area contributed by atoms with Crippen molar-refractivity contribution in [2.45, 2.75) is 25.7 Å². The summed E-state index contributed by atoms with van der Waals surface area (Å²) in [5.41, 5.74) is 0.765. The summed E-state index contributed by atoms with van der Waals surface area (Å²) in [6.45, 7) is 0.373. The van der Waals surface area contributed by atoms with E-state index >= 15 is 0 Å². The van der Waals surface area contributed by atoms with Crippen molar-refractivity contribution in [1.29, 1.82) is 0 Å². The van der Waals surface area contributed by atoms with Crippen LogP contribution in [0.5, 0.6) is 5.75 Å². The Labute approximate surface area is 134 Å². The molecule has 0 saturated carbocycles. The van der Waals surface area contributed by atoms with Crippen LogP contribution in [0, 0.1) is 5.92 Å². The third-order valence-electron chi connectivity index (χ3n) is 3.52. The number of hydrogen-bond donors (Lipinski definition) is 2. The van der Waals surface area contributed by atoms with Gasteiger partial charge in [0.15, 0.2) is 0 Å². The molecule has 22 heavy (non-hydrogen) atoms. The summed E-state index contributed by atoms with van der Waals surface area (Å²) in [4.78, 5) is 22.5. The van der Waals surface area contributed by atoms with Crippen molar-refractivity contribution < 1.29 is 19.4 Å². The molecular weight excluding hydrogens is 302 g/mol. The maximum Gasteiger partial charge on any atom is 0.303 e. The van der Waals surface area contributed by atoms with E-state index in [1.165, 1.54) is 0 Å². The number of nitrogens with one attached hydrogen (secondary N) is 1. The zero-order chi connectivity index (χ0) is 15.8. The fourth-order valence-corrected chi connectivity index (χ4v) is 3.36. The van der Waals surface area contributed by atoms with Crippen LogP contribution in [0.15, 0.2) is 24.3 Å². The standard InChI is InChI=1S/C16H21NO4S/c18-15(19)2-1-9-21-14-5-3-13(4-6-14)17-16(20)12-7-10-22-11-8-12/h3-6,12H,1-2,7-11H2,(H,17,20)(H,18,19). The number of rotatable bonds is 7. The van der Waals surface area contributed by atoms with E-state index in [1.807, 2.05) is 23.9 Å². The molecule has 1 amide bonds. The van der Waals surface area contributed by atoms with E-state index in [0.29, 0.717) is 18.8 Å². The normalized spacial score (nSPS) is 15.3. The molecule has 0 unspecified atom stereocenters. The number of amides is 1. The van der Waals surface area contributed by atoms with E-state index in [0.717, 1.165) is 30.0 Å². The molecule has 120 valence electrons. The van der Waals surface area contributed by atoms with Gasteiger partial charge >= 0.3 is 5.97 Å². The molecular formula is C16H21NO4S. The molecule has 0 aliphatic carbocycles. The number of ether oxygens (including phenoxy) is 1. The highest BCUT2D eigenvalue weighted by atomic mass is 32.2. The summed E-state index contributed by atoms with van der Waals surface area (Å²) >= 11 is 1.90. The number of thioether (sulfide) groups is 1. The summed E-state index contributed by atoms with van der Waals surface area (Å²) in [6, 6.07) is 7.18. The van der Waals surface area contributed by atoms with Gasteiger partial charge in [-0.2, -0.15) is 11.8 Å². The SMILES string of the molecule is O=C(O)CCCOc1ccc(NC(=O)C2CCSCC2)cc1. The van der Waals surface area contributed by atoms with Crippen LogP contribution in [0.3, 0.4) is 0 Å². The lowest BCUT2D eigenvalue weighted by Gasteiger charge is -2.20. The number of carbonyl (C=O) groups is 2. The Morgan fingerprint density at radius 1 is 1.23 bits per heavy atom. The van der Waals surface area contributed by atoms with Gasteiger partial charge in [0, 0.05) is 18.0 Å². The van der Waals surface area contributed by atoms with Gasteiger partial charge in [0.25, 0.3) is 0 Å². The average Bonchev–Trinajstić information content (AvgIpc) is 2.54. The molecule has 2 rings (SSSR count). The zero-order valence-corrected chi connectivity index (χ0v) is 13.2. The molecule has 1 saturated heterocycles. The number of carboxylic acid groups (broad SMARTS) is 1. The van der Waals surface area contributed by atoms with Gasteiger partial charge in [0.05, 0.1) is 6.61 Å². The first-order valence-electron chi connectivity index (χ1n) is 7.48. The molecule has 1 fully saturated rings. The highest BCUT2D eigenvalue weighted by Gasteiger charge is 2.21. The molecule has 1 aliphatic rings. The number of aliphatic carboxylic acids is 1. The second kappa shape index (κ2) is 8.68. The van der Waals surface area contributed by atoms with Crippen LogP contribution < -0.4 is 10.1 Å². The Morgan fingerprint density at radius 3 is 2.55 bits per heavy atom. The molecule has 5 nitrogen and oxygen atoms in total. The number of hydrogen-bond acceptors (Lipinski definition) is 4. The first kappa shape index (κ1) is 16.7. The smallest absolute Gasteiger partial charge is 0.303 e. The Morgan fingerprint density at radius 2 is 1.91 bits per heavy atom. The van der Waals surface area contributed by atoms with Crippen molar-refractivity contribution in [2.75, 3.05) is 23.4 Å². The van der Waals surface area contributed by atoms with Crippen molar-refractivity contribution in [3.8, 4) is 5.75 Å². The summed E-state index contributed by atoms with van der Waals surface area (Å²) in [6.07, 6.45) is 2.48. The topological polar surface area (TPSA) is 75.6 Å². The van der Waals surface area contributed by atoms with E-state index in [-0.39, 0.29) is 18.2 Å². The van der Waals surface area contributed by atoms with Gasteiger partial charge in [-0.25, -0.2) is 0 Å². The van der Waals surface area contributed by atoms with Gasteiger partial charge in [-0.05, 0) is 55.0 Å². The first-order valence-corrected chi connectivity index (χ1v) is 8.64. The van der Waals surface area contributed by atoms with Crippen molar-refractivity contribution in [2.24, 2.45) is 5.92 Å². The van der Waals surface area contributed by atoms with Crippen LogP contribution in [0.4, 0.5) is 5.69 Å². The molecule has 1 aromatic rings. The van der Waals surface area contributed by atoms with Gasteiger partial charge in [-0.3, -0.25) is 9.59 Å². The predicted molar refractivity (Wildman–Crippen MR) is 87.5 cm³/mol. The zero-order valence-electron chi connectivity index (χ0n) is 12.4. The quantitative estimate of drug-likeness (QED) is 0.754. The molecule has 1 heterocycles. The monoisotopic (exact) mass is 323 g/mol. The van der Waals surface area contributed by atoms with Gasteiger partial charge in [0.2, 0.25) is 5.91 Å². The Hall–Kier alpha value is -1.69. The van der Waals surface area contributed by atoms with E-state index < -0.39 is 5.97 Å². The van der Waals surface area contributed by atoms with Crippen molar-refractivity contribution in [3.05, 3.63) is 24.3 Å². The molecule has 1 aliphatic heterocycles. The largest absolute Gasteiger partial charge is 0.494 e. The molecule has 0 spiro atoms. The Bertz CT molecular complexity index is 497. The maximum atomic E-state index is 12.1. The first-order chi connectivity index (χ1) is 10.6. The van der Waals surface area contributed by atoms with Crippen molar-refractivity contribution in [1.82, 2.24) is 0 Å². The lowest BCUT2D eigenvalue weighted by molar-refractivity contribution is -0.137. The molecule has 0 bridgehead atoms. The minimum Gasteiger partial charge on any atom is -0.494 e. The minimum atomic E-state index is -0.817. The fraction of sp³-hybridized carbons (Fsp3) is 0.500. The van der Waals surface area contributed by atoms with Crippen LogP contribution in [-0.4, -0.2) is 35.1 Å². The van der Waals surface area contributed by atoms with Crippen molar-refractivity contribution >= 4 is 29.3 Å². The summed E-state index contributed by atoms with van der Waals surface area (Å²) in [5, 5.41) is 11.5. The van der Waals surface area contributed by atoms with Gasteiger partial charge in [-0.15, -0.1) is 0 Å². The van der Waals surface area contributed by atoms with E-state index in [1.54, 1.807) is 12.1 Å². The number of benzene rings is 1. The Balaban J connectivity index is 1.76. The molecule has 2 N–H and O–H groups in total. The van der Waals surface area contributed by atoms with Crippen LogP contribution in [0.1, 0.15) is 25.7 Å². The second-order valence-corrected chi connectivity index (χ2v) is 6.47. The number of carbonyl (C=O) groups excluding carboxylic acids is 1. The number of anilines is 1. The number of carboxylic acids is 1. The lowest BCUT2D eigenvalue weighted by Crippen LogP contribution is -2.26. The van der Waals surface area contributed by atoms with Gasteiger partial charge in [0.1, 0.15) is 5.75 Å². The lowest BCUT2D eigenvalue weighted by atomic mass is 10.0. The predicted octanol–water partition coefficient (Wildman–Crippen LogP) is 3.01. The summed E-state index contributed by atoms with van der Waals surface area (Å²) in [5.74, 6) is 2.19.